The molecule has 1 aromatic rings. The number of nitrogens with one attached hydrogen (secondary N) is 1. The van der Waals surface area contributed by atoms with E-state index in [4.69, 9.17) is 5.11 Å². The summed E-state index contributed by atoms with van der Waals surface area (Å²) in [4.78, 5) is 11.8. The minimum atomic E-state index is -0.387. The lowest BCUT2D eigenvalue weighted by molar-refractivity contribution is 0.0944. The molecule has 0 aromatic heterocycles. The molecule has 0 fully saturated rings. The first-order valence-electron chi connectivity index (χ1n) is 4.92. The van der Waals surface area contributed by atoms with E-state index in [2.05, 4.69) is 43.8 Å². The van der Waals surface area contributed by atoms with Crippen LogP contribution in [0.3, 0.4) is 0 Å². The lowest BCUT2D eigenvalue weighted by atomic mass is 10.2. The number of aliphatic hydroxyl groups excluding tert-OH is 1. The number of carbonyl (C=O) groups is 1. The molecule has 0 spiro atoms. The van der Waals surface area contributed by atoms with Crippen molar-refractivity contribution in [2.45, 2.75) is 19.4 Å². The number of rotatable bonds is 4. The normalized spacial score (nSPS) is 12.2. The van der Waals surface area contributed by atoms with Crippen LogP contribution in [0.1, 0.15) is 23.7 Å². The van der Waals surface area contributed by atoms with Crippen molar-refractivity contribution in [2.75, 3.05) is 6.54 Å². The molecule has 0 aliphatic carbocycles. The molecule has 1 atom stereocenters. The van der Waals surface area contributed by atoms with Crippen molar-refractivity contribution >= 4 is 44.4 Å². The zero-order chi connectivity index (χ0) is 12.1. The summed E-state index contributed by atoms with van der Waals surface area (Å²) in [5.41, 5.74) is 0.653. The maximum Gasteiger partial charge on any atom is 0.252 e. The van der Waals surface area contributed by atoms with Crippen LogP contribution in [0.25, 0.3) is 0 Å². The van der Waals surface area contributed by atoms with Crippen LogP contribution in [0.15, 0.2) is 22.7 Å². The lowest BCUT2D eigenvalue weighted by Crippen LogP contribution is -2.27. The average molecular weight is 398 g/mol. The van der Waals surface area contributed by atoms with Gasteiger partial charge in [-0.15, -0.1) is 0 Å². The van der Waals surface area contributed by atoms with Gasteiger partial charge in [-0.05, 0) is 54.1 Å². The first kappa shape index (κ1) is 13.9. The Kier molecular flexibility index (Phi) is 5.71. The summed E-state index contributed by atoms with van der Waals surface area (Å²) < 4.78 is 1.80. The van der Waals surface area contributed by atoms with E-state index < -0.39 is 0 Å². The number of aliphatic hydroxyl groups is 1. The lowest BCUT2D eigenvalue weighted by Gasteiger charge is -2.08. The van der Waals surface area contributed by atoms with E-state index in [9.17, 15) is 4.79 Å². The van der Waals surface area contributed by atoms with E-state index in [0.717, 1.165) is 8.04 Å². The highest BCUT2D eigenvalue weighted by Crippen LogP contribution is 2.18. The van der Waals surface area contributed by atoms with Gasteiger partial charge >= 0.3 is 0 Å². The second kappa shape index (κ2) is 6.56. The van der Waals surface area contributed by atoms with Gasteiger partial charge < -0.3 is 10.4 Å². The first-order chi connectivity index (χ1) is 7.50. The standard InChI is InChI=1S/C11H13BrINO2/c1-7(15)4-5-14-11(16)9-6-8(12)2-3-10(9)13/h2-3,6-7,15H,4-5H2,1H3,(H,14,16). The van der Waals surface area contributed by atoms with Gasteiger partial charge in [-0.1, -0.05) is 15.9 Å². The molecule has 1 unspecified atom stereocenters. The molecule has 1 rings (SSSR count). The van der Waals surface area contributed by atoms with Crippen molar-refractivity contribution in [3.8, 4) is 0 Å². The summed E-state index contributed by atoms with van der Waals surface area (Å²) in [7, 11) is 0. The fourth-order valence-electron chi connectivity index (χ4n) is 1.16. The molecule has 1 amide bonds. The van der Waals surface area contributed by atoms with Gasteiger partial charge in [-0.25, -0.2) is 0 Å². The summed E-state index contributed by atoms with van der Waals surface area (Å²) in [5.74, 6) is -0.105. The molecular formula is C11H13BrINO2. The summed E-state index contributed by atoms with van der Waals surface area (Å²) >= 11 is 5.46. The maximum absolute atomic E-state index is 11.8. The number of amides is 1. The highest BCUT2D eigenvalue weighted by molar-refractivity contribution is 14.1. The molecule has 0 aliphatic rings. The monoisotopic (exact) mass is 397 g/mol. The molecule has 16 heavy (non-hydrogen) atoms. The number of halogens is 2. The van der Waals surface area contributed by atoms with E-state index in [1.165, 1.54) is 0 Å². The topological polar surface area (TPSA) is 49.3 Å². The minimum Gasteiger partial charge on any atom is -0.393 e. The molecule has 0 saturated carbocycles. The zero-order valence-electron chi connectivity index (χ0n) is 8.84. The van der Waals surface area contributed by atoms with Crippen molar-refractivity contribution in [3.05, 3.63) is 31.8 Å². The van der Waals surface area contributed by atoms with Gasteiger partial charge in [0.1, 0.15) is 0 Å². The molecule has 0 bridgehead atoms. The third-order valence-electron chi connectivity index (χ3n) is 2.02. The Hall–Kier alpha value is -0.140. The SMILES string of the molecule is CC(O)CCNC(=O)c1cc(Br)ccc1I. The third kappa shape index (κ3) is 4.39. The smallest absolute Gasteiger partial charge is 0.252 e. The summed E-state index contributed by atoms with van der Waals surface area (Å²) in [6.45, 7) is 2.19. The van der Waals surface area contributed by atoms with E-state index in [0.29, 0.717) is 18.5 Å². The number of hydrogen-bond donors (Lipinski definition) is 2. The number of hydrogen-bond acceptors (Lipinski definition) is 2. The second-order valence-electron chi connectivity index (χ2n) is 3.52. The Morgan fingerprint density at radius 1 is 1.62 bits per heavy atom. The van der Waals surface area contributed by atoms with Crippen molar-refractivity contribution < 1.29 is 9.90 Å². The Morgan fingerprint density at radius 3 is 2.94 bits per heavy atom. The minimum absolute atomic E-state index is 0.105. The van der Waals surface area contributed by atoms with Gasteiger partial charge in [-0.3, -0.25) is 4.79 Å². The predicted molar refractivity (Wildman–Crippen MR) is 75.5 cm³/mol. The van der Waals surface area contributed by atoms with Crippen molar-refractivity contribution in [3.63, 3.8) is 0 Å². The first-order valence-corrected chi connectivity index (χ1v) is 6.79. The molecule has 0 saturated heterocycles. The van der Waals surface area contributed by atoms with Crippen molar-refractivity contribution in [2.24, 2.45) is 0 Å². The van der Waals surface area contributed by atoms with E-state index in [-0.39, 0.29) is 12.0 Å². The van der Waals surface area contributed by atoms with Gasteiger partial charge in [-0.2, -0.15) is 0 Å². The van der Waals surface area contributed by atoms with Crippen LogP contribution in [0.2, 0.25) is 0 Å². The van der Waals surface area contributed by atoms with E-state index >= 15 is 0 Å². The maximum atomic E-state index is 11.8. The highest BCUT2D eigenvalue weighted by atomic mass is 127. The van der Waals surface area contributed by atoms with Crippen LogP contribution < -0.4 is 5.32 Å². The molecule has 1 aromatic carbocycles. The third-order valence-corrected chi connectivity index (χ3v) is 3.45. The summed E-state index contributed by atoms with van der Waals surface area (Å²) in [5, 5.41) is 11.8. The Bertz CT molecular complexity index is 382. The molecule has 3 nitrogen and oxygen atoms in total. The zero-order valence-corrected chi connectivity index (χ0v) is 12.6. The highest BCUT2D eigenvalue weighted by Gasteiger charge is 2.09. The van der Waals surface area contributed by atoms with Crippen LogP contribution >= 0.6 is 38.5 Å². The van der Waals surface area contributed by atoms with Gasteiger partial charge in [0.2, 0.25) is 0 Å². The summed E-state index contributed by atoms with van der Waals surface area (Å²) in [6, 6.07) is 5.57. The second-order valence-corrected chi connectivity index (χ2v) is 5.60. The van der Waals surface area contributed by atoms with Crippen molar-refractivity contribution in [1.29, 1.82) is 0 Å². The van der Waals surface area contributed by atoms with Crippen LogP contribution in [-0.2, 0) is 0 Å². The van der Waals surface area contributed by atoms with Crippen LogP contribution in [0.4, 0.5) is 0 Å². The van der Waals surface area contributed by atoms with E-state index in [1.807, 2.05) is 12.1 Å². The van der Waals surface area contributed by atoms with Gasteiger partial charge in [0.15, 0.2) is 0 Å². The Balaban J connectivity index is 2.62. The average Bonchev–Trinajstić information content (AvgIpc) is 2.21. The molecule has 88 valence electrons. The molecule has 0 heterocycles. The Labute approximate surface area is 117 Å². The number of carbonyl (C=O) groups excluding carboxylic acids is 1. The van der Waals surface area contributed by atoms with Crippen molar-refractivity contribution in [1.82, 2.24) is 5.32 Å². The van der Waals surface area contributed by atoms with Crippen LogP contribution in [0.5, 0.6) is 0 Å². The fourth-order valence-corrected chi connectivity index (χ4v) is 2.10. The molecule has 0 radical (unpaired) electrons. The molecule has 5 heteroatoms. The fraction of sp³-hybridized carbons (Fsp3) is 0.364. The molecule has 0 aliphatic heterocycles. The molecule has 2 N–H and O–H groups in total. The van der Waals surface area contributed by atoms with Crippen LogP contribution in [0, 0.1) is 3.57 Å². The Morgan fingerprint density at radius 2 is 2.31 bits per heavy atom. The summed E-state index contributed by atoms with van der Waals surface area (Å²) in [6.07, 6.45) is 0.179. The largest absolute Gasteiger partial charge is 0.393 e. The molecular weight excluding hydrogens is 385 g/mol. The van der Waals surface area contributed by atoms with E-state index in [1.54, 1.807) is 13.0 Å². The quantitative estimate of drug-likeness (QED) is 0.767. The number of benzene rings is 1. The van der Waals surface area contributed by atoms with Gasteiger partial charge in [0, 0.05) is 14.6 Å². The predicted octanol–water partition coefficient (Wildman–Crippen LogP) is 2.55. The van der Waals surface area contributed by atoms with Gasteiger partial charge in [0.25, 0.3) is 5.91 Å². The van der Waals surface area contributed by atoms with Gasteiger partial charge in [0.05, 0.1) is 11.7 Å². The van der Waals surface area contributed by atoms with Crippen LogP contribution in [-0.4, -0.2) is 23.7 Å².